The molecule has 6 nitrogen and oxygen atoms in total. The standard InChI is InChI=1S/C12H16N2O4/c13-7-3-1-5-12(11(17)18,9-10(15)16)6-2-4-8-14/h1-6,9H2,(H,15,16)(H,17,18). The van der Waals surface area contributed by atoms with Gasteiger partial charge in [-0.3, -0.25) is 9.59 Å². The maximum absolute atomic E-state index is 11.3. The van der Waals surface area contributed by atoms with Crippen molar-refractivity contribution in [2.45, 2.75) is 44.9 Å². The van der Waals surface area contributed by atoms with Crippen LogP contribution in [-0.2, 0) is 9.59 Å². The predicted octanol–water partition coefficient (Wildman–Crippen LogP) is 1.92. The first-order valence-electron chi connectivity index (χ1n) is 5.67. The fourth-order valence-electron chi connectivity index (χ4n) is 1.89. The maximum Gasteiger partial charge on any atom is 0.310 e. The highest BCUT2D eigenvalue weighted by molar-refractivity contribution is 5.81. The van der Waals surface area contributed by atoms with E-state index in [1.165, 1.54) is 0 Å². The maximum atomic E-state index is 11.3. The Balaban J connectivity index is 4.80. The molecule has 0 saturated heterocycles. The number of hydrogen-bond acceptors (Lipinski definition) is 4. The number of carbonyl (C=O) groups is 2. The zero-order chi connectivity index (χ0) is 14.0. The summed E-state index contributed by atoms with van der Waals surface area (Å²) in [5.41, 5.74) is -1.36. The van der Waals surface area contributed by atoms with Crippen molar-refractivity contribution in [1.29, 1.82) is 10.5 Å². The molecule has 0 aromatic carbocycles. The molecular formula is C12H16N2O4. The summed E-state index contributed by atoms with van der Waals surface area (Å²) in [5, 5.41) is 34.9. The van der Waals surface area contributed by atoms with Gasteiger partial charge in [0.05, 0.1) is 24.0 Å². The lowest BCUT2D eigenvalue weighted by Gasteiger charge is -2.27. The number of carboxylic acids is 2. The molecule has 0 bridgehead atoms. The highest BCUT2D eigenvalue weighted by atomic mass is 16.4. The van der Waals surface area contributed by atoms with Crippen molar-refractivity contribution in [3.8, 4) is 12.1 Å². The molecule has 6 heteroatoms. The third kappa shape index (κ3) is 5.31. The minimum atomic E-state index is -1.36. The van der Waals surface area contributed by atoms with Gasteiger partial charge in [0, 0.05) is 12.8 Å². The zero-order valence-corrected chi connectivity index (χ0v) is 10.1. The number of hydrogen-bond donors (Lipinski definition) is 2. The topological polar surface area (TPSA) is 122 Å². The summed E-state index contributed by atoms with van der Waals surface area (Å²) in [4.78, 5) is 22.1. The van der Waals surface area contributed by atoms with E-state index in [0.29, 0.717) is 12.8 Å². The second-order valence-electron chi connectivity index (χ2n) is 4.18. The Morgan fingerprint density at radius 2 is 1.44 bits per heavy atom. The Hall–Kier alpha value is -2.08. The van der Waals surface area contributed by atoms with Crippen LogP contribution in [0.5, 0.6) is 0 Å². The van der Waals surface area contributed by atoms with Gasteiger partial charge in [0.15, 0.2) is 0 Å². The Kier molecular flexibility index (Phi) is 7.14. The molecule has 18 heavy (non-hydrogen) atoms. The molecule has 2 N–H and O–H groups in total. The Morgan fingerprint density at radius 1 is 1.00 bits per heavy atom. The normalized spacial score (nSPS) is 10.3. The van der Waals surface area contributed by atoms with Crippen LogP contribution in [0.2, 0.25) is 0 Å². The van der Waals surface area contributed by atoms with E-state index in [0.717, 1.165) is 0 Å². The Bertz CT molecular complexity index is 359. The number of aliphatic carboxylic acids is 2. The number of carboxylic acid groups (broad SMARTS) is 2. The average Bonchev–Trinajstić information content (AvgIpc) is 2.28. The van der Waals surface area contributed by atoms with Crippen molar-refractivity contribution in [1.82, 2.24) is 0 Å². The fraction of sp³-hybridized carbons (Fsp3) is 0.667. The molecular weight excluding hydrogens is 236 g/mol. The fourth-order valence-corrected chi connectivity index (χ4v) is 1.89. The minimum absolute atomic E-state index is 0.146. The largest absolute Gasteiger partial charge is 0.481 e. The molecule has 0 rings (SSSR count). The molecule has 0 aliphatic carbocycles. The van der Waals surface area contributed by atoms with Gasteiger partial charge in [-0.25, -0.2) is 0 Å². The van der Waals surface area contributed by atoms with Crippen LogP contribution in [0.25, 0.3) is 0 Å². The van der Waals surface area contributed by atoms with Crippen LogP contribution in [-0.4, -0.2) is 22.2 Å². The van der Waals surface area contributed by atoms with Crippen molar-refractivity contribution >= 4 is 11.9 Å². The first kappa shape index (κ1) is 15.9. The minimum Gasteiger partial charge on any atom is -0.481 e. The SMILES string of the molecule is N#CCCCC(CCCC#N)(CC(=O)O)C(=O)O. The summed E-state index contributed by atoms with van der Waals surface area (Å²) in [6.07, 6.45) is 0.922. The second-order valence-corrected chi connectivity index (χ2v) is 4.18. The second kappa shape index (κ2) is 8.08. The first-order chi connectivity index (χ1) is 8.48. The molecule has 0 aromatic heterocycles. The van der Waals surface area contributed by atoms with Crippen LogP contribution in [0.4, 0.5) is 0 Å². The van der Waals surface area contributed by atoms with E-state index < -0.39 is 23.8 Å². The van der Waals surface area contributed by atoms with E-state index in [9.17, 15) is 14.7 Å². The zero-order valence-electron chi connectivity index (χ0n) is 10.1. The molecule has 0 radical (unpaired) electrons. The molecule has 0 unspecified atom stereocenters. The molecule has 0 saturated carbocycles. The third-order valence-electron chi connectivity index (χ3n) is 2.83. The van der Waals surface area contributed by atoms with E-state index in [1.54, 1.807) is 0 Å². The third-order valence-corrected chi connectivity index (χ3v) is 2.83. The van der Waals surface area contributed by atoms with Crippen LogP contribution in [0.15, 0.2) is 0 Å². The summed E-state index contributed by atoms with van der Waals surface area (Å²) in [6, 6.07) is 3.81. The van der Waals surface area contributed by atoms with E-state index in [-0.39, 0.29) is 25.7 Å². The monoisotopic (exact) mass is 252 g/mol. The summed E-state index contributed by atoms with van der Waals surface area (Å²) < 4.78 is 0. The van der Waals surface area contributed by atoms with Crippen molar-refractivity contribution < 1.29 is 19.8 Å². The first-order valence-corrected chi connectivity index (χ1v) is 5.67. The Labute approximate surface area is 105 Å². The lowest BCUT2D eigenvalue weighted by molar-refractivity contribution is -0.157. The van der Waals surface area contributed by atoms with Gasteiger partial charge in [-0.05, 0) is 25.7 Å². The smallest absolute Gasteiger partial charge is 0.310 e. The van der Waals surface area contributed by atoms with Gasteiger partial charge < -0.3 is 10.2 Å². The van der Waals surface area contributed by atoms with Gasteiger partial charge in [0.2, 0.25) is 0 Å². The summed E-state index contributed by atoms with van der Waals surface area (Å²) >= 11 is 0. The molecule has 0 aliphatic rings. The number of nitriles is 2. The molecule has 0 fully saturated rings. The van der Waals surface area contributed by atoms with Crippen LogP contribution in [0.1, 0.15) is 44.9 Å². The number of rotatable bonds is 9. The van der Waals surface area contributed by atoms with Gasteiger partial charge >= 0.3 is 11.9 Å². The van der Waals surface area contributed by atoms with Gasteiger partial charge in [0.25, 0.3) is 0 Å². The van der Waals surface area contributed by atoms with Crippen molar-refractivity contribution in [2.24, 2.45) is 5.41 Å². The van der Waals surface area contributed by atoms with Gasteiger partial charge in [-0.1, -0.05) is 0 Å². The van der Waals surface area contributed by atoms with Crippen LogP contribution in [0, 0.1) is 28.1 Å². The molecule has 0 aromatic rings. The summed E-state index contributed by atoms with van der Waals surface area (Å²) in [6.45, 7) is 0. The van der Waals surface area contributed by atoms with Crippen LogP contribution < -0.4 is 0 Å². The van der Waals surface area contributed by atoms with E-state index in [2.05, 4.69) is 0 Å². The van der Waals surface area contributed by atoms with Gasteiger partial charge in [-0.15, -0.1) is 0 Å². The molecule has 0 heterocycles. The number of unbranched alkanes of at least 4 members (excludes halogenated alkanes) is 2. The van der Waals surface area contributed by atoms with Gasteiger partial charge in [0.1, 0.15) is 0 Å². The predicted molar refractivity (Wildman–Crippen MR) is 61.2 cm³/mol. The summed E-state index contributed by atoms with van der Waals surface area (Å²) in [7, 11) is 0. The van der Waals surface area contributed by atoms with Crippen molar-refractivity contribution in [3.05, 3.63) is 0 Å². The van der Waals surface area contributed by atoms with E-state index >= 15 is 0 Å². The van der Waals surface area contributed by atoms with E-state index in [1.807, 2.05) is 12.1 Å². The molecule has 0 amide bonds. The lowest BCUT2D eigenvalue weighted by atomic mass is 9.75. The molecule has 0 aliphatic heterocycles. The number of nitrogens with zero attached hydrogens (tertiary/aromatic N) is 2. The van der Waals surface area contributed by atoms with Crippen LogP contribution in [0.3, 0.4) is 0 Å². The molecule has 98 valence electrons. The van der Waals surface area contributed by atoms with Crippen LogP contribution >= 0.6 is 0 Å². The molecule has 0 atom stereocenters. The highest BCUT2D eigenvalue weighted by Gasteiger charge is 2.39. The quantitative estimate of drug-likeness (QED) is 0.604. The van der Waals surface area contributed by atoms with Crippen molar-refractivity contribution in [3.63, 3.8) is 0 Å². The highest BCUT2D eigenvalue weighted by Crippen LogP contribution is 2.35. The Morgan fingerprint density at radius 3 is 1.72 bits per heavy atom. The average molecular weight is 252 g/mol. The molecule has 0 spiro atoms. The van der Waals surface area contributed by atoms with E-state index in [4.69, 9.17) is 15.6 Å². The lowest BCUT2D eigenvalue weighted by Crippen LogP contribution is -2.33. The van der Waals surface area contributed by atoms with Gasteiger partial charge in [-0.2, -0.15) is 10.5 Å². The van der Waals surface area contributed by atoms with Crippen molar-refractivity contribution in [2.75, 3.05) is 0 Å². The summed E-state index contributed by atoms with van der Waals surface area (Å²) in [5.74, 6) is -2.34.